The average Bonchev–Trinajstić information content (AvgIpc) is 3.00. The minimum atomic E-state index is 0.184. The third-order valence-corrected chi connectivity index (χ3v) is 4.83. The molecule has 2 aliphatic rings. The van der Waals surface area contributed by atoms with E-state index in [0.717, 1.165) is 49.9 Å². The first-order chi connectivity index (χ1) is 10.3. The smallest absolute Gasteiger partial charge is 0.253 e. The summed E-state index contributed by atoms with van der Waals surface area (Å²) >= 11 is 3.38. The van der Waals surface area contributed by atoms with Crippen molar-refractivity contribution in [2.24, 2.45) is 0 Å². The van der Waals surface area contributed by atoms with Crippen molar-refractivity contribution >= 4 is 21.8 Å². The molecular weight excluding hydrogens is 330 g/mol. The number of benzene rings is 1. The van der Waals surface area contributed by atoms with Crippen LogP contribution in [-0.2, 0) is 17.6 Å². The number of ether oxygens (including phenoxy) is 1. The van der Waals surface area contributed by atoms with E-state index in [1.807, 2.05) is 11.0 Å². The topological polar surface area (TPSA) is 29.5 Å². The minimum absolute atomic E-state index is 0.184. The molecule has 1 saturated heterocycles. The number of fused-ring (bicyclic) bond motifs is 1. The zero-order valence-electron chi connectivity index (χ0n) is 12.3. The SMILES string of the molecule is O=C(c1ccc2c(c1)CCC2)N1CCC(OCCBr)CC1. The fourth-order valence-corrected chi connectivity index (χ4v) is 3.51. The zero-order valence-corrected chi connectivity index (χ0v) is 13.9. The lowest BCUT2D eigenvalue weighted by Gasteiger charge is -2.32. The highest BCUT2D eigenvalue weighted by molar-refractivity contribution is 9.09. The van der Waals surface area contributed by atoms with Crippen molar-refractivity contribution in [1.82, 2.24) is 4.90 Å². The van der Waals surface area contributed by atoms with Crippen LogP contribution < -0.4 is 0 Å². The molecule has 21 heavy (non-hydrogen) atoms. The van der Waals surface area contributed by atoms with Crippen molar-refractivity contribution in [3.8, 4) is 0 Å². The minimum Gasteiger partial charge on any atom is -0.377 e. The number of nitrogens with zero attached hydrogens (tertiary/aromatic N) is 1. The van der Waals surface area contributed by atoms with Crippen molar-refractivity contribution in [1.29, 1.82) is 0 Å². The summed E-state index contributed by atoms with van der Waals surface area (Å²) < 4.78 is 5.74. The Balaban J connectivity index is 1.59. The van der Waals surface area contributed by atoms with E-state index in [-0.39, 0.29) is 5.91 Å². The van der Waals surface area contributed by atoms with Gasteiger partial charge in [-0.2, -0.15) is 0 Å². The Bertz CT molecular complexity index is 510. The van der Waals surface area contributed by atoms with Crippen molar-refractivity contribution < 1.29 is 9.53 Å². The van der Waals surface area contributed by atoms with Crippen LogP contribution in [0.25, 0.3) is 0 Å². The van der Waals surface area contributed by atoms with Crippen LogP contribution in [0.3, 0.4) is 0 Å². The fourth-order valence-electron chi connectivity index (χ4n) is 3.32. The Morgan fingerprint density at radius 2 is 2.00 bits per heavy atom. The van der Waals surface area contributed by atoms with Crippen molar-refractivity contribution in [3.05, 3.63) is 34.9 Å². The maximum atomic E-state index is 12.6. The van der Waals surface area contributed by atoms with Crippen LogP contribution >= 0.6 is 15.9 Å². The number of hydrogen-bond acceptors (Lipinski definition) is 2. The number of amides is 1. The highest BCUT2D eigenvalue weighted by Gasteiger charge is 2.24. The second-order valence-electron chi connectivity index (χ2n) is 5.89. The number of halogens is 1. The summed E-state index contributed by atoms with van der Waals surface area (Å²) in [6.45, 7) is 2.37. The first-order valence-corrected chi connectivity index (χ1v) is 8.98. The molecule has 1 aliphatic carbocycles. The molecule has 1 amide bonds. The number of alkyl halides is 1. The molecule has 0 bridgehead atoms. The predicted molar refractivity (Wildman–Crippen MR) is 87.1 cm³/mol. The van der Waals surface area contributed by atoms with Crippen LogP contribution in [0.5, 0.6) is 0 Å². The Hall–Kier alpha value is -0.870. The maximum Gasteiger partial charge on any atom is 0.253 e. The van der Waals surface area contributed by atoms with E-state index in [4.69, 9.17) is 4.74 Å². The van der Waals surface area contributed by atoms with E-state index in [0.29, 0.717) is 6.10 Å². The lowest BCUT2D eigenvalue weighted by Crippen LogP contribution is -2.41. The van der Waals surface area contributed by atoms with Gasteiger partial charge in [-0.15, -0.1) is 0 Å². The van der Waals surface area contributed by atoms with Crippen molar-refractivity contribution in [2.75, 3.05) is 25.0 Å². The summed E-state index contributed by atoms with van der Waals surface area (Å²) in [5, 5.41) is 0.876. The molecule has 1 aromatic rings. The molecular formula is C17H22BrNO2. The first kappa shape index (κ1) is 15.0. The summed E-state index contributed by atoms with van der Waals surface area (Å²) in [4.78, 5) is 14.6. The van der Waals surface area contributed by atoms with Gasteiger partial charge in [-0.1, -0.05) is 22.0 Å². The molecule has 3 rings (SSSR count). The fraction of sp³-hybridized carbons (Fsp3) is 0.588. The van der Waals surface area contributed by atoms with Gasteiger partial charge in [-0.3, -0.25) is 4.79 Å². The number of aryl methyl sites for hydroxylation is 2. The first-order valence-electron chi connectivity index (χ1n) is 7.86. The molecule has 0 spiro atoms. The second-order valence-corrected chi connectivity index (χ2v) is 6.68. The van der Waals surface area contributed by atoms with Gasteiger partial charge in [-0.25, -0.2) is 0 Å². The van der Waals surface area contributed by atoms with Gasteiger partial charge in [-0.05, 0) is 55.4 Å². The number of hydrogen-bond donors (Lipinski definition) is 0. The van der Waals surface area contributed by atoms with E-state index in [1.54, 1.807) is 0 Å². The van der Waals surface area contributed by atoms with E-state index >= 15 is 0 Å². The third-order valence-electron chi connectivity index (χ3n) is 4.51. The van der Waals surface area contributed by atoms with Crippen LogP contribution in [0.15, 0.2) is 18.2 Å². The molecule has 0 radical (unpaired) electrons. The molecule has 114 valence electrons. The van der Waals surface area contributed by atoms with Crippen molar-refractivity contribution in [3.63, 3.8) is 0 Å². The molecule has 1 heterocycles. The monoisotopic (exact) mass is 351 g/mol. The number of rotatable bonds is 4. The summed E-state index contributed by atoms with van der Waals surface area (Å²) in [5.74, 6) is 0.184. The van der Waals surface area contributed by atoms with Gasteiger partial charge in [0, 0.05) is 24.0 Å². The van der Waals surface area contributed by atoms with Crippen molar-refractivity contribution in [2.45, 2.75) is 38.2 Å². The van der Waals surface area contributed by atoms with E-state index in [9.17, 15) is 4.79 Å². The highest BCUT2D eigenvalue weighted by Crippen LogP contribution is 2.24. The van der Waals surface area contributed by atoms with E-state index in [1.165, 1.54) is 24.0 Å². The number of piperidine rings is 1. The standard InChI is InChI=1S/C17H22BrNO2/c18-8-11-21-16-6-9-19(10-7-16)17(20)15-5-4-13-2-1-3-14(13)12-15/h4-5,12,16H,1-3,6-11H2. The van der Waals surface area contributed by atoms with Crippen LogP contribution in [0, 0.1) is 0 Å². The predicted octanol–water partition coefficient (Wildman–Crippen LogP) is 3.19. The molecule has 1 fully saturated rings. The molecule has 0 aromatic heterocycles. The van der Waals surface area contributed by atoms with Gasteiger partial charge in [0.25, 0.3) is 5.91 Å². The second kappa shape index (κ2) is 6.93. The van der Waals surface area contributed by atoms with Crippen LogP contribution in [0.1, 0.15) is 40.7 Å². The molecule has 3 nitrogen and oxygen atoms in total. The third kappa shape index (κ3) is 3.49. The lowest BCUT2D eigenvalue weighted by molar-refractivity contribution is 0.0160. The number of carbonyl (C=O) groups is 1. The van der Waals surface area contributed by atoms with Gasteiger partial charge < -0.3 is 9.64 Å². The molecule has 4 heteroatoms. The largest absolute Gasteiger partial charge is 0.377 e. The molecule has 0 unspecified atom stereocenters. The van der Waals surface area contributed by atoms with Crippen LogP contribution in [0.4, 0.5) is 0 Å². The molecule has 0 atom stereocenters. The quantitative estimate of drug-likeness (QED) is 0.779. The van der Waals surface area contributed by atoms with Crippen LogP contribution in [0.2, 0.25) is 0 Å². The molecule has 1 aliphatic heterocycles. The van der Waals surface area contributed by atoms with Crippen LogP contribution in [-0.4, -0.2) is 41.9 Å². The molecule has 1 aromatic carbocycles. The Morgan fingerprint density at radius 1 is 1.24 bits per heavy atom. The normalized spacial score (nSPS) is 18.8. The zero-order chi connectivity index (χ0) is 14.7. The molecule has 0 saturated carbocycles. The van der Waals surface area contributed by atoms with E-state index in [2.05, 4.69) is 28.1 Å². The number of likely N-dealkylation sites (tertiary alicyclic amines) is 1. The van der Waals surface area contributed by atoms with Gasteiger partial charge in [0.2, 0.25) is 0 Å². The van der Waals surface area contributed by atoms with Gasteiger partial charge in [0.15, 0.2) is 0 Å². The van der Waals surface area contributed by atoms with Gasteiger partial charge in [0.05, 0.1) is 12.7 Å². The van der Waals surface area contributed by atoms with E-state index < -0.39 is 0 Å². The molecule has 0 N–H and O–H groups in total. The Labute approximate surface area is 134 Å². The number of carbonyl (C=O) groups excluding carboxylic acids is 1. The highest BCUT2D eigenvalue weighted by atomic mass is 79.9. The van der Waals surface area contributed by atoms with Gasteiger partial charge in [0.1, 0.15) is 0 Å². The summed E-state index contributed by atoms with van der Waals surface area (Å²) in [5.41, 5.74) is 3.65. The van der Waals surface area contributed by atoms with Gasteiger partial charge >= 0.3 is 0 Å². The average molecular weight is 352 g/mol. The summed E-state index contributed by atoms with van der Waals surface area (Å²) in [6, 6.07) is 6.25. The summed E-state index contributed by atoms with van der Waals surface area (Å²) in [7, 11) is 0. The maximum absolute atomic E-state index is 12.6. The lowest BCUT2D eigenvalue weighted by atomic mass is 10.0. The summed E-state index contributed by atoms with van der Waals surface area (Å²) in [6.07, 6.45) is 5.72. The Kier molecular flexibility index (Phi) is 4.96. The Morgan fingerprint density at radius 3 is 2.76 bits per heavy atom.